The van der Waals surface area contributed by atoms with Crippen molar-refractivity contribution in [2.75, 3.05) is 56.6 Å². The van der Waals surface area contributed by atoms with Crippen molar-refractivity contribution >= 4 is 29.3 Å². The molecule has 0 aromatic heterocycles. The highest BCUT2D eigenvalue weighted by Gasteiger charge is 2.32. The zero-order valence-electron chi connectivity index (χ0n) is 25.5. The maximum Gasteiger partial charge on any atom is 0.321 e. The Morgan fingerprint density at radius 3 is 2.27 bits per heavy atom. The minimum Gasteiger partial charge on any atom is -0.496 e. The lowest BCUT2D eigenvalue weighted by Gasteiger charge is -2.36. The maximum absolute atomic E-state index is 13.2. The number of carbonyl (C=O) groups excluding carboxylic acids is 2. The molecular formula is C34H41N5O6. The quantitative estimate of drug-likeness (QED) is 0.255. The largest absolute Gasteiger partial charge is 0.496 e. The van der Waals surface area contributed by atoms with E-state index >= 15 is 0 Å². The number of piperazine rings is 1. The number of likely N-dealkylation sites (tertiary alicyclic amines) is 1. The highest BCUT2D eigenvalue weighted by Crippen LogP contribution is 2.25. The Morgan fingerprint density at radius 2 is 1.58 bits per heavy atom. The van der Waals surface area contributed by atoms with Crippen molar-refractivity contribution in [2.24, 2.45) is 5.92 Å². The molecular weight excluding hydrogens is 574 g/mol. The first-order valence-corrected chi connectivity index (χ1v) is 15.4. The normalized spacial score (nSPS) is 18.2. The van der Waals surface area contributed by atoms with Gasteiger partial charge in [-0.05, 0) is 61.2 Å². The topological polar surface area (TPSA) is 135 Å². The van der Waals surface area contributed by atoms with Crippen LogP contribution in [0.2, 0.25) is 0 Å². The van der Waals surface area contributed by atoms with E-state index in [1.54, 1.807) is 58.3 Å². The van der Waals surface area contributed by atoms with E-state index in [2.05, 4.69) is 27.7 Å². The molecule has 0 radical (unpaired) electrons. The van der Waals surface area contributed by atoms with Gasteiger partial charge in [0.05, 0.1) is 12.7 Å². The van der Waals surface area contributed by atoms with Crippen molar-refractivity contribution in [1.82, 2.24) is 15.1 Å². The predicted molar refractivity (Wildman–Crippen MR) is 172 cm³/mol. The zero-order chi connectivity index (χ0) is 31.8. The smallest absolute Gasteiger partial charge is 0.321 e. The Hall–Kier alpha value is -4.61. The van der Waals surface area contributed by atoms with Crippen molar-refractivity contribution in [1.29, 1.82) is 0 Å². The maximum atomic E-state index is 13.2. The summed E-state index contributed by atoms with van der Waals surface area (Å²) in [7, 11) is 1.52. The molecule has 11 heteroatoms. The van der Waals surface area contributed by atoms with Gasteiger partial charge in [0, 0.05) is 56.6 Å². The number of benzene rings is 3. The number of amides is 3. The van der Waals surface area contributed by atoms with E-state index in [0.29, 0.717) is 56.0 Å². The number of carbonyl (C=O) groups is 3. The molecule has 11 nitrogen and oxygen atoms in total. The number of hydrogen-bond donors (Lipinski definition) is 4. The number of carboxylic acids is 1. The summed E-state index contributed by atoms with van der Waals surface area (Å²) in [6.07, 6.45) is 0.378. The lowest BCUT2D eigenvalue weighted by Crippen LogP contribution is -2.52. The van der Waals surface area contributed by atoms with E-state index in [1.165, 1.54) is 7.11 Å². The number of ether oxygens (including phenoxy) is 1. The molecule has 238 valence electrons. The van der Waals surface area contributed by atoms with Crippen molar-refractivity contribution in [3.63, 3.8) is 0 Å². The molecule has 3 aromatic carbocycles. The summed E-state index contributed by atoms with van der Waals surface area (Å²) in [5, 5.41) is 26.7. The van der Waals surface area contributed by atoms with Crippen molar-refractivity contribution < 1.29 is 29.3 Å². The fourth-order valence-electron chi connectivity index (χ4n) is 5.97. The van der Waals surface area contributed by atoms with Gasteiger partial charge in [-0.2, -0.15) is 0 Å². The van der Waals surface area contributed by atoms with Crippen molar-refractivity contribution in [3.05, 3.63) is 90.0 Å². The molecule has 4 N–H and O–H groups in total. The predicted octanol–water partition coefficient (Wildman–Crippen LogP) is 3.51. The second-order valence-electron chi connectivity index (χ2n) is 11.5. The molecule has 2 unspecified atom stereocenters. The van der Waals surface area contributed by atoms with Gasteiger partial charge in [-0.3, -0.25) is 14.9 Å². The first-order valence-electron chi connectivity index (χ1n) is 15.4. The van der Waals surface area contributed by atoms with Gasteiger partial charge >= 0.3 is 12.0 Å². The summed E-state index contributed by atoms with van der Waals surface area (Å²) in [5.74, 6) is -1.10. The third kappa shape index (κ3) is 8.11. The fraction of sp³-hybridized carbons (Fsp3) is 0.382. The summed E-state index contributed by atoms with van der Waals surface area (Å²) in [4.78, 5) is 43.9. The number of urea groups is 1. The number of rotatable bonds is 10. The van der Waals surface area contributed by atoms with Crippen LogP contribution in [0.5, 0.6) is 5.75 Å². The Bertz CT molecular complexity index is 1440. The van der Waals surface area contributed by atoms with Gasteiger partial charge in [-0.1, -0.05) is 42.5 Å². The number of anilines is 2. The van der Waals surface area contributed by atoms with E-state index in [-0.39, 0.29) is 24.3 Å². The molecule has 5 rings (SSSR count). The molecule has 2 saturated heterocycles. The molecule has 2 heterocycles. The number of aliphatic hydroxyl groups excluding tert-OH is 1. The highest BCUT2D eigenvalue weighted by molar-refractivity contribution is 5.97. The number of para-hydroxylation sites is 2. The number of aliphatic carboxylic acids is 1. The lowest BCUT2D eigenvalue weighted by molar-refractivity contribution is -0.141. The number of methoxy groups -OCH3 is 1. The summed E-state index contributed by atoms with van der Waals surface area (Å²) >= 11 is 0. The molecule has 45 heavy (non-hydrogen) atoms. The zero-order valence-corrected chi connectivity index (χ0v) is 25.5. The van der Waals surface area contributed by atoms with Crippen LogP contribution in [0.15, 0.2) is 78.9 Å². The third-order valence-corrected chi connectivity index (χ3v) is 8.53. The SMILES string of the molecule is COc1ccccc1C(=O)N1CCCC(C(O)N[C@@H](Cc2ccc(NC(=O)N3CCN(c4ccccc4)CC3)cc2)C(=O)O)C1. The van der Waals surface area contributed by atoms with Gasteiger partial charge < -0.3 is 35.0 Å². The summed E-state index contributed by atoms with van der Waals surface area (Å²) < 4.78 is 5.34. The molecule has 0 saturated carbocycles. The molecule has 3 aromatic rings. The van der Waals surface area contributed by atoms with Crippen LogP contribution in [0, 0.1) is 5.92 Å². The van der Waals surface area contributed by atoms with Crippen LogP contribution in [0.3, 0.4) is 0 Å². The Kier molecular flexibility index (Phi) is 10.5. The van der Waals surface area contributed by atoms with Crippen molar-refractivity contribution in [2.45, 2.75) is 31.5 Å². The number of nitrogens with one attached hydrogen (secondary N) is 2. The fourth-order valence-corrected chi connectivity index (χ4v) is 5.97. The Balaban J connectivity index is 1.12. The van der Waals surface area contributed by atoms with Crippen LogP contribution in [0.1, 0.15) is 28.8 Å². The molecule has 0 bridgehead atoms. The molecule has 3 atom stereocenters. The van der Waals surface area contributed by atoms with Crippen LogP contribution in [-0.2, 0) is 11.2 Å². The van der Waals surface area contributed by atoms with Gasteiger partial charge in [0.15, 0.2) is 0 Å². The van der Waals surface area contributed by atoms with E-state index in [0.717, 1.165) is 24.3 Å². The monoisotopic (exact) mass is 615 g/mol. The van der Waals surface area contributed by atoms with Gasteiger partial charge in [0.1, 0.15) is 18.0 Å². The number of aliphatic hydroxyl groups is 1. The minimum absolute atomic E-state index is 0.138. The van der Waals surface area contributed by atoms with E-state index in [9.17, 15) is 24.6 Å². The molecule has 2 fully saturated rings. The Labute approximate surface area is 263 Å². The summed E-state index contributed by atoms with van der Waals surface area (Å²) in [5.41, 5.74) is 2.97. The first-order chi connectivity index (χ1) is 21.8. The minimum atomic E-state index is -1.11. The number of piperidine rings is 1. The summed E-state index contributed by atoms with van der Waals surface area (Å²) in [6, 6.07) is 23.0. The van der Waals surface area contributed by atoms with Crippen LogP contribution in [0.4, 0.5) is 16.2 Å². The van der Waals surface area contributed by atoms with Crippen LogP contribution in [-0.4, -0.2) is 96.6 Å². The van der Waals surface area contributed by atoms with Crippen LogP contribution < -0.4 is 20.3 Å². The van der Waals surface area contributed by atoms with E-state index < -0.39 is 18.2 Å². The third-order valence-electron chi connectivity index (χ3n) is 8.53. The second-order valence-corrected chi connectivity index (χ2v) is 11.5. The molecule has 0 spiro atoms. The van der Waals surface area contributed by atoms with E-state index in [1.807, 2.05) is 18.2 Å². The van der Waals surface area contributed by atoms with Crippen molar-refractivity contribution in [3.8, 4) is 5.75 Å². The standard InChI is InChI=1S/C34H41N5O6/c1-45-30-12-6-5-11-28(30)32(41)39-17-7-8-25(23-39)31(40)36-29(33(42)43)22-24-13-15-26(16-14-24)35-34(44)38-20-18-37(19-21-38)27-9-3-2-4-10-27/h2-6,9-16,25,29,31,36,40H,7-8,17-23H2,1H3,(H,35,44)(H,42,43)/t25?,29-,31?/m0/s1. The number of hydrogen-bond acceptors (Lipinski definition) is 7. The molecule has 0 aliphatic carbocycles. The summed E-state index contributed by atoms with van der Waals surface area (Å²) in [6.45, 7) is 3.58. The van der Waals surface area contributed by atoms with Gasteiger partial charge in [-0.15, -0.1) is 0 Å². The Morgan fingerprint density at radius 1 is 0.889 bits per heavy atom. The van der Waals surface area contributed by atoms with Crippen LogP contribution in [0.25, 0.3) is 0 Å². The molecule has 2 aliphatic heterocycles. The van der Waals surface area contributed by atoms with Gasteiger partial charge in [0.25, 0.3) is 5.91 Å². The molecule has 3 amide bonds. The van der Waals surface area contributed by atoms with Gasteiger partial charge in [0.2, 0.25) is 0 Å². The average molecular weight is 616 g/mol. The molecule has 2 aliphatic rings. The van der Waals surface area contributed by atoms with E-state index in [4.69, 9.17) is 4.74 Å². The average Bonchev–Trinajstić information content (AvgIpc) is 3.08. The lowest BCUT2D eigenvalue weighted by atomic mass is 9.94. The first kappa shape index (κ1) is 31.8. The van der Waals surface area contributed by atoms with Gasteiger partial charge in [-0.25, -0.2) is 4.79 Å². The number of carboxylic acid groups (broad SMARTS) is 1. The van der Waals surface area contributed by atoms with Crippen LogP contribution >= 0.6 is 0 Å². The second kappa shape index (κ2) is 14.9. The number of nitrogens with zero attached hydrogens (tertiary/aromatic N) is 3. The highest BCUT2D eigenvalue weighted by atomic mass is 16.5.